The molecular formula is C27H30FN7O4. The molecule has 0 spiro atoms. The smallest absolute Gasteiger partial charge is 0.230 e. The molecular weight excluding hydrogens is 505 g/mol. The van der Waals surface area contributed by atoms with E-state index in [0.29, 0.717) is 41.0 Å². The lowest BCUT2D eigenvalue weighted by Crippen LogP contribution is -2.48. The van der Waals surface area contributed by atoms with Crippen molar-refractivity contribution in [3.63, 3.8) is 0 Å². The quantitative estimate of drug-likeness (QED) is 0.351. The van der Waals surface area contributed by atoms with E-state index in [1.165, 1.54) is 12.1 Å². The largest absolute Gasteiger partial charge is 0.376 e. The zero-order valence-electron chi connectivity index (χ0n) is 21.6. The molecule has 39 heavy (non-hydrogen) atoms. The molecule has 1 unspecified atom stereocenters. The number of halogens is 1. The van der Waals surface area contributed by atoms with Crippen LogP contribution >= 0.6 is 0 Å². The van der Waals surface area contributed by atoms with Crippen LogP contribution in [0.4, 0.5) is 10.3 Å². The molecule has 3 aromatic rings. The Kier molecular flexibility index (Phi) is 8.11. The maximum Gasteiger partial charge on any atom is 0.230 e. The first-order chi connectivity index (χ1) is 18.9. The minimum atomic E-state index is -0.905. The standard InChI is InChI=1S/C27H30FN7O4/c1-27(25(36)30-11-3-10-29)15-38-24(39-16-27)23-34-21(17-5-7-18(28)8-6-17)22(35-23)20-9-12-31-26(33-20)32-14-19-4-2-13-37-19/h5-9,12,19,24H,2-4,11,13-16H2,1H3,(H,30,36)(H,34,35)(H,31,32,33). The van der Waals surface area contributed by atoms with Crippen LogP contribution in [0.1, 0.15) is 38.3 Å². The summed E-state index contributed by atoms with van der Waals surface area (Å²) in [5, 5.41) is 14.7. The summed E-state index contributed by atoms with van der Waals surface area (Å²) in [4.78, 5) is 29.6. The Morgan fingerprint density at radius 3 is 2.72 bits per heavy atom. The summed E-state index contributed by atoms with van der Waals surface area (Å²) < 4.78 is 31.2. The number of nitrogens with one attached hydrogen (secondary N) is 3. The highest BCUT2D eigenvalue weighted by molar-refractivity contribution is 5.82. The van der Waals surface area contributed by atoms with Crippen molar-refractivity contribution in [1.29, 1.82) is 5.26 Å². The Hall–Kier alpha value is -3.92. The highest BCUT2D eigenvalue weighted by atomic mass is 19.1. The summed E-state index contributed by atoms with van der Waals surface area (Å²) in [5.74, 6) is 0.244. The fourth-order valence-corrected chi connectivity index (χ4v) is 4.44. The first kappa shape index (κ1) is 26.7. The molecule has 12 heteroatoms. The van der Waals surface area contributed by atoms with Gasteiger partial charge in [0, 0.05) is 31.5 Å². The Morgan fingerprint density at radius 1 is 1.21 bits per heavy atom. The lowest BCUT2D eigenvalue weighted by atomic mass is 9.91. The summed E-state index contributed by atoms with van der Waals surface area (Å²) >= 11 is 0. The number of hydrogen-bond acceptors (Lipinski definition) is 9. The van der Waals surface area contributed by atoms with Gasteiger partial charge in [0.1, 0.15) is 5.82 Å². The second-order valence-electron chi connectivity index (χ2n) is 9.81. The number of carbonyl (C=O) groups is 1. The molecule has 2 aliphatic rings. The molecule has 204 valence electrons. The van der Waals surface area contributed by atoms with E-state index >= 15 is 0 Å². The molecule has 1 atom stereocenters. The van der Waals surface area contributed by atoms with Crippen LogP contribution in [0.3, 0.4) is 0 Å². The maximum atomic E-state index is 13.7. The number of aromatic amines is 1. The molecule has 0 aliphatic carbocycles. The van der Waals surface area contributed by atoms with E-state index in [4.69, 9.17) is 24.5 Å². The van der Waals surface area contributed by atoms with Crippen molar-refractivity contribution in [2.24, 2.45) is 5.41 Å². The van der Waals surface area contributed by atoms with Gasteiger partial charge < -0.3 is 29.8 Å². The molecule has 2 fully saturated rings. The lowest BCUT2D eigenvalue weighted by molar-refractivity contribution is -0.231. The summed E-state index contributed by atoms with van der Waals surface area (Å²) in [6, 6.07) is 9.77. The van der Waals surface area contributed by atoms with Crippen molar-refractivity contribution in [3.05, 3.63) is 48.2 Å². The summed E-state index contributed by atoms with van der Waals surface area (Å²) in [6.07, 6.45) is 3.19. The molecule has 1 aromatic carbocycles. The van der Waals surface area contributed by atoms with Crippen molar-refractivity contribution in [1.82, 2.24) is 25.3 Å². The van der Waals surface area contributed by atoms with Gasteiger partial charge in [-0.25, -0.2) is 19.3 Å². The topological polar surface area (TPSA) is 147 Å². The predicted octanol–water partition coefficient (Wildman–Crippen LogP) is 3.35. The SMILES string of the molecule is CC1(C(=O)NCCC#N)COC(c2nc(-c3ccc(F)cc3)c(-c3ccnc(NCC4CCCO4)n3)[nH]2)OC1. The zero-order chi connectivity index (χ0) is 27.2. The molecule has 3 N–H and O–H groups in total. The fraction of sp³-hybridized carbons (Fsp3) is 0.444. The maximum absolute atomic E-state index is 13.7. The van der Waals surface area contributed by atoms with Gasteiger partial charge in [0.25, 0.3) is 0 Å². The Labute approximate surface area is 225 Å². The van der Waals surface area contributed by atoms with E-state index in [-0.39, 0.29) is 44.0 Å². The summed E-state index contributed by atoms with van der Waals surface area (Å²) in [7, 11) is 0. The first-order valence-electron chi connectivity index (χ1n) is 12.9. The molecule has 0 saturated carbocycles. The molecule has 2 aromatic heterocycles. The summed E-state index contributed by atoms with van der Waals surface area (Å²) in [5.41, 5.74) is 1.49. The highest BCUT2D eigenvalue weighted by Crippen LogP contribution is 2.35. The van der Waals surface area contributed by atoms with Crippen LogP contribution < -0.4 is 10.6 Å². The number of H-pyrrole nitrogens is 1. The van der Waals surface area contributed by atoms with E-state index in [1.54, 1.807) is 31.3 Å². The van der Waals surface area contributed by atoms with Crippen LogP contribution in [0.5, 0.6) is 0 Å². The minimum absolute atomic E-state index is 0.1000. The molecule has 0 radical (unpaired) electrons. The summed E-state index contributed by atoms with van der Waals surface area (Å²) in [6.45, 7) is 3.58. The normalized spacial score (nSPS) is 22.8. The van der Waals surface area contributed by atoms with E-state index < -0.39 is 11.7 Å². The van der Waals surface area contributed by atoms with Crippen LogP contribution in [-0.4, -0.2) is 64.9 Å². The fourth-order valence-electron chi connectivity index (χ4n) is 4.44. The molecule has 0 bridgehead atoms. The van der Waals surface area contributed by atoms with Crippen LogP contribution in [0.15, 0.2) is 36.5 Å². The van der Waals surface area contributed by atoms with Crippen molar-refractivity contribution >= 4 is 11.9 Å². The van der Waals surface area contributed by atoms with Crippen LogP contribution in [0.2, 0.25) is 0 Å². The third-order valence-corrected chi connectivity index (χ3v) is 6.66. The molecule has 1 amide bonds. The van der Waals surface area contributed by atoms with E-state index in [2.05, 4.69) is 25.6 Å². The number of imidazole rings is 1. The van der Waals surface area contributed by atoms with Gasteiger partial charge in [0.05, 0.1) is 54.3 Å². The van der Waals surface area contributed by atoms with Gasteiger partial charge in [-0.1, -0.05) is 0 Å². The molecule has 11 nitrogen and oxygen atoms in total. The zero-order valence-corrected chi connectivity index (χ0v) is 21.6. The lowest BCUT2D eigenvalue weighted by Gasteiger charge is -2.35. The van der Waals surface area contributed by atoms with E-state index in [0.717, 1.165) is 19.4 Å². The number of aromatic nitrogens is 4. The number of hydrogen-bond donors (Lipinski definition) is 3. The number of ether oxygens (including phenoxy) is 3. The third kappa shape index (κ3) is 6.22. The van der Waals surface area contributed by atoms with Crippen LogP contribution in [0.25, 0.3) is 22.6 Å². The van der Waals surface area contributed by atoms with Crippen molar-refractivity contribution in [2.45, 2.75) is 38.6 Å². The second-order valence-corrected chi connectivity index (χ2v) is 9.81. The van der Waals surface area contributed by atoms with Gasteiger partial charge in [-0.05, 0) is 50.1 Å². The average molecular weight is 536 g/mol. The Bertz CT molecular complexity index is 1330. The van der Waals surface area contributed by atoms with Crippen LogP contribution in [0, 0.1) is 22.6 Å². The monoisotopic (exact) mass is 535 g/mol. The molecule has 5 rings (SSSR count). The number of benzene rings is 1. The number of nitriles is 1. The van der Waals surface area contributed by atoms with Gasteiger partial charge in [0.15, 0.2) is 5.82 Å². The van der Waals surface area contributed by atoms with Crippen molar-refractivity contribution in [2.75, 3.05) is 38.2 Å². The first-order valence-corrected chi connectivity index (χ1v) is 12.9. The Balaban J connectivity index is 1.37. The van der Waals surface area contributed by atoms with Gasteiger partial charge in [-0.2, -0.15) is 5.26 Å². The number of amides is 1. The van der Waals surface area contributed by atoms with E-state index in [9.17, 15) is 9.18 Å². The van der Waals surface area contributed by atoms with Crippen LogP contribution in [-0.2, 0) is 19.0 Å². The molecule has 2 saturated heterocycles. The third-order valence-electron chi connectivity index (χ3n) is 6.66. The van der Waals surface area contributed by atoms with Crippen molar-refractivity contribution in [3.8, 4) is 28.7 Å². The number of carbonyl (C=O) groups excluding carboxylic acids is 1. The number of nitrogens with zero attached hydrogens (tertiary/aromatic N) is 4. The van der Waals surface area contributed by atoms with Gasteiger partial charge in [-0.3, -0.25) is 4.79 Å². The Morgan fingerprint density at radius 2 is 2.00 bits per heavy atom. The minimum Gasteiger partial charge on any atom is -0.376 e. The average Bonchev–Trinajstić information content (AvgIpc) is 3.64. The van der Waals surface area contributed by atoms with E-state index in [1.807, 2.05) is 6.07 Å². The number of anilines is 1. The highest BCUT2D eigenvalue weighted by Gasteiger charge is 2.40. The van der Waals surface area contributed by atoms with Gasteiger partial charge in [0.2, 0.25) is 18.1 Å². The van der Waals surface area contributed by atoms with Gasteiger partial charge >= 0.3 is 0 Å². The predicted molar refractivity (Wildman–Crippen MR) is 138 cm³/mol. The molecule has 4 heterocycles. The van der Waals surface area contributed by atoms with Gasteiger partial charge in [-0.15, -0.1) is 0 Å². The molecule has 2 aliphatic heterocycles. The number of rotatable bonds is 9. The van der Waals surface area contributed by atoms with Crippen molar-refractivity contribution < 1.29 is 23.4 Å². The second kappa shape index (κ2) is 11.9.